The van der Waals surface area contributed by atoms with Gasteiger partial charge in [0.25, 0.3) is 0 Å². The number of Topliss-reactive ketones (excluding diaryl/α,β-unsaturated/α-hetero) is 1. The van der Waals surface area contributed by atoms with E-state index in [9.17, 15) is 34.0 Å². The summed E-state index contributed by atoms with van der Waals surface area (Å²) in [7, 11) is 0. The quantitative estimate of drug-likeness (QED) is 0.0163. The zero-order valence-electron chi connectivity index (χ0n) is 44.7. The molecule has 1 saturated heterocycles. The molecule has 5 aromatic carbocycles. The van der Waals surface area contributed by atoms with Gasteiger partial charge in [0.2, 0.25) is 21.6 Å². The fraction of sp³-hybridized carbons (Fsp3) is 0.310. The Balaban J connectivity index is 1.38. The normalized spacial score (nSPS) is 13.9. The number of carbonyl (C=O) groups excluding carboxylic acids is 7. The van der Waals surface area contributed by atoms with Gasteiger partial charge in [0, 0.05) is 13.1 Å². The molecular formula is C58H62Cl3N8O11P. The maximum Gasteiger partial charge on any atom is 0.416 e. The van der Waals surface area contributed by atoms with E-state index < -0.39 is 95.5 Å². The molecule has 6 rings (SSSR count). The van der Waals surface area contributed by atoms with Crippen molar-refractivity contribution in [1.82, 2.24) is 31.1 Å². The monoisotopic (exact) mass is 1180 g/mol. The van der Waals surface area contributed by atoms with E-state index in [0.717, 1.165) is 4.90 Å². The first kappa shape index (κ1) is 62.3. The number of rotatable bonds is 20. The van der Waals surface area contributed by atoms with Crippen LogP contribution in [0.4, 0.5) is 19.2 Å². The van der Waals surface area contributed by atoms with Crippen molar-refractivity contribution in [2.75, 3.05) is 26.2 Å². The van der Waals surface area contributed by atoms with E-state index >= 15 is 4.79 Å². The lowest BCUT2D eigenvalue weighted by atomic mass is 10.0. The van der Waals surface area contributed by atoms with Crippen molar-refractivity contribution in [3.8, 4) is 6.07 Å². The van der Waals surface area contributed by atoms with Gasteiger partial charge < -0.3 is 39.8 Å². The Labute approximate surface area is 485 Å². The van der Waals surface area contributed by atoms with E-state index in [1.165, 1.54) is 4.90 Å². The number of guanidine groups is 1. The van der Waals surface area contributed by atoms with Gasteiger partial charge in [-0.3, -0.25) is 25.1 Å². The minimum absolute atomic E-state index is 0.00741. The minimum Gasteiger partial charge on any atom is -0.445 e. The molecule has 5 aromatic rings. The highest BCUT2D eigenvalue weighted by Crippen LogP contribution is 2.46. The van der Waals surface area contributed by atoms with Gasteiger partial charge in [-0.1, -0.05) is 186 Å². The Morgan fingerprint density at radius 1 is 0.704 bits per heavy atom. The molecule has 1 fully saturated rings. The van der Waals surface area contributed by atoms with Gasteiger partial charge in [0.05, 0.1) is 12.6 Å². The molecule has 0 bridgehead atoms. The molecule has 1 aliphatic heterocycles. The molecule has 1 aliphatic rings. The molecule has 426 valence electrons. The van der Waals surface area contributed by atoms with Crippen LogP contribution in [0.1, 0.15) is 57.6 Å². The number of likely N-dealkylation sites (tertiary alicyclic amines) is 1. The first-order valence-corrected chi connectivity index (χ1v) is 28.6. The van der Waals surface area contributed by atoms with Gasteiger partial charge >= 0.3 is 24.4 Å². The third-order valence-electron chi connectivity index (χ3n) is 12.4. The van der Waals surface area contributed by atoms with Crippen LogP contribution in [0.5, 0.6) is 0 Å². The fourth-order valence-electron chi connectivity index (χ4n) is 8.79. The standard InChI is InChI=1S/C58H62Cl3N8O11P/c1-57(2,3)80-53(73)64-36-46(66-54(74)79-39-58(59,60)61)51(72)68-33-20-32-47(68)50(71)65-45(49(70)48(35-62)81(42-25-13-6-14-26-42,43-27-15-7-16-28-43)44-29-17-8-18-30-44)31-19-34-69(56(76)78-38-41-23-11-5-12-24-41)52(63)67-55(75)77-37-40-21-9-4-10-22-40/h4-18,21-30,45-47H,19-20,31-34,36-39H2,1-3H3,(H,64,73)(H,65,71)(H,66,74)(H2,63,67,75)/t45-,46-,47-/m0/s1. The number of alkyl carbamates (subject to hydrolysis) is 3. The number of benzene rings is 5. The van der Waals surface area contributed by atoms with Gasteiger partial charge in [-0.05, 0) is 80.4 Å². The van der Waals surface area contributed by atoms with Crippen LogP contribution in [0, 0.1) is 16.7 Å². The lowest BCUT2D eigenvalue weighted by Crippen LogP contribution is -2.58. The van der Waals surface area contributed by atoms with E-state index in [1.807, 2.05) is 54.6 Å². The van der Waals surface area contributed by atoms with Crippen LogP contribution in [0.15, 0.2) is 152 Å². The second-order valence-corrected chi connectivity index (χ2v) is 25.2. The lowest BCUT2D eigenvalue weighted by Gasteiger charge is -2.32. The predicted molar refractivity (Wildman–Crippen MR) is 310 cm³/mol. The summed E-state index contributed by atoms with van der Waals surface area (Å²) in [6, 6.07) is 42.7. The first-order chi connectivity index (χ1) is 38.7. The van der Waals surface area contributed by atoms with Crippen molar-refractivity contribution >= 4 is 111 Å². The highest BCUT2D eigenvalue weighted by molar-refractivity contribution is 7.97. The Kier molecular flexibility index (Phi) is 22.7. The Bertz CT molecular complexity index is 2990. The molecule has 19 nitrogen and oxygen atoms in total. The van der Waals surface area contributed by atoms with E-state index in [1.54, 1.807) is 118 Å². The average Bonchev–Trinajstić information content (AvgIpc) is 3.97. The fourth-order valence-corrected chi connectivity index (χ4v) is 13.1. The summed E-state index contributed by atoms with van der Waals surface area (Å²) in [4.78, 5) is 100. The highest BCUT2D eigenvalue weighted by atomic mass is 35.6. The summed E-state index contributed by atoms with van der Waals surface area (Å²) in [6.45, 7) is -0.503. The van der Waals surface area contributed by atoms with Crippen molar-refractivity contribution in [1.29, 1.82) is 10.7 Å². The van der Waals surface area contributed by atoms with Gasteiger partial charge in [-0.15, -0.1) is 0 Å². The molecule has 0 aliphatic carbocycles. The number of ether oxygens (including phenoxy) is 4. The van der Waals surface area contributed by atoms with E-state index in [2.05, 4.69) is 27.3 Å². The molecule has 0 aromatic heterocycles. The topological polar surface area (TPSA) is 259 Å². The van der Waals surface area contributed by atoms with E-state index in [-0.39, 0.29) is 57.3 Å². The predicted octanol–water partition coefficient (Wildman–Crippen LogP) is 7.99. The van der Waals surface area contributed by atoms with Crippen LogP contribution >= 0.6 is 41.7 Å². The van der Waals surface area contributed by atoms with Crippen LogP contribution in [0.2, 0.25) is 0 Å². The summed E-state index contributed by atoms with van der Waals surface area (Å²) < 4.78 is 19.3. The second-order valence-electron chi connectivity index (χ2n) is 19.4. The summed E-state index contributed by atoms with van der Waals surface area (Å²) >= 11 is 17.4. The number of hydrogen-bond acceptors (Lipinski definition) is 13. The van der Waals surface area contributed by atoms with Crippen LogP contribution in [-0.2, 0) is 46.5 Å². The maximum atomic E-state index is 15.9. The Morgan fingerprint density at radius 3 is 1.70 bits per heavy atom. The number of nitrogens with zero attached hydrogens (tertiary/aromatic N) is 3. The summed E-state index contributed by atoms with van der Waals surface area (Å²) in [5, 5.41) is 32.2. The zero-order valence-corrected chi connectivity index (χ0v) is 47.8. The van der Waals surface area contributed by atoms with E-state index in [0.29, 0.717) is 27.0 Å². The van der Waals surface area contributed by atoms with Crippen molar-refractivity contribution in [2.45, 2.75) is 87.2 Å². The number of ketones is 1. The molecule has 1 heterocycles. The number of amides is 6. The third kappa shape index (κ3) is 18.1. The molecule has 81 heavy (non-hydrogen) atoms. The SMILES string of the molecule is CC(C)(C)OC(=O)NC[C@H](NC(=O)OCC(Cl)(Cl)Cl)C(=O)N1CCC[C@H]1C(=O)N[C@@H](CCCN(C(=N)NC(=O)OCc1ccccc1)C(=O)OCc1ccccc1)C(=O)C(C#N)=P(c1ccccc1)(c1ccccc1)c1ccccc1. The van der Waals surface area contributed by atoms with Crippen LogP contribution in [0.3, 0.4) is 0 Å². The van der Waals surface area contributed by atoms with Gasteiger partial charge in [-0.25, -0.2) is 24.1 Å². The van der Waals surface area contributed by atoms with Crippen LogP contribution in [0.25, 0.3) is 0 Å². The van der Waals surface area contributed by atoms with Gasteiger partial charge in [0.15, 0.2) is 5.78 Å². The van der Waals surface area contributed by atoms with Crippen molar-refractivity contribution in [2.24, 2.45) is 0 Å². The first-order valence-electron chi connectivity index (χ1n) is 25.7. The number of carbonyl (C=O) groups is 7. The molecule has 6 amide bonds. The number of nitriles is 1. The summed E-state index contributed by atoms with van der Waals surface area (Å²) in [6.07, 6.45) is -4.26. The van der Waals surface area contributed by atoms with Crippen LogP contribution in [-0.4, -0.2) is 117 Å². The highest BCUT2D eigenvalue weighted by Gasteiger charge is 2.42. The second kappa shape index (κ2) is 29.5. The Hall–Kier alpha value is -7.88. The lowest BCUT2D eigenvalue weighted by molar-refractivity contribution is -0.140. The smallest absolute Gasteiger partial charge is 0.416 e. The summed E-state index contributed by atoms with van der Waals surface area (Å²) in [5.41, 5.74) is 0.362. The molecule has 0 unspecified atom stereocenters. The molecule has 0 radical (unpaired) electrons. The number of nitrogens with one attached hydrogen (secondary N) is 5. The third-order valence-corrected chi connectivity index (χ3v) is 16.9. The average molecular weight is 1180 g/mol. The minimum atomic E-state index is -3.42. The van der Waals surface area contributed by atoms with Crippen molar-refractivity contribution in [3.63, 3.8) is 0 Å². The van der Waals surface area contributed by atoms with Crippen molar-refractivity contribution < 1.29 is 52.5 Å². The molecule has 5 N–H and O–H groups in total. The molecule has 23 heteroatoms. The number of alkyl halides is 3. The zero-order chi connectivity index (χ0) is 58.6. The Morgan fingerprint density at radius 2 is 1.21 bits per heavy atom. The van der Waals surface area contributed by atoms with Crippen LogP contribution < -0.4 is 37.2 Å². The van der Waals surface area contributed by atoms with E-state index in [4.69, 9.17) is 59.2 Å². The summed E-state index contributed by atoms with van der Waals surface area (Å²) in [5.74, 6) is -3.14. The number of halogens is 3. The van der Waals surface area contributed by atoms with Crippen molar-refractivity contribution in [3.05, 3.63) is 163 Å². The van der Waals surface area contributed by atoms with Gasteiger partial charge in [0.1, 0.15) is 48.9 Å². The molecule has 0 saturated carbocycles. The maximum absolute atomic E-state index is 15.9. The largest absolute Gasteiger partial charge is 0.445 e. The molecular weight excluding hydrogens is 1120 g/mol. The van der Waals surface area contributed by atoms with Gasteiger partial charge in [-0.2, -0.15) is 5.26 Å². The molecule has 3 atom stereocenters. The molecule has 0 spiro atoms. The number of hydrogen-bond donors (Lipinski definition) is 5.